The maximum Gasteiger partial charge on any atom is 0.161 e. The molecule has 0 N–H and O–H groups in total. The molecule has 0 spiro atoms. The van der Waals surface area contributed by atoms with Crippen molar-refractivity contribution in [3.05, 3.63) is 58.6 Å². The van der Waals surface area contributed by atoms with E-state index in [2.05, 4.69) is 38.1 Å². The first-order chi connectivity index (χ1) is 9.47. The van der Waals surface area contributed by atoms with E-state index in [0.717, 1.165) is 17.5 Å². The molecule has 104 valence electrons. The van der Waals surface area contributed by atoms with Gasteiger partial charge in [-0.05, 0) is 48.1 Å². The average molecular weight is 287 g/mol. The lowest BCUT2D eigenvalue weighted by atomic mass is 9.97. The fraction of sp³-hybridized carbons (Fsp3) is 0.278. The molecule has 20 heavy (non-hydrogen) atoms. The summed E-state index contributed by atoms with van der Waals surface area (Å²) in [6.07, 6.45) is 1.06. The summed E-state index contributed by atoms with van der Waals surface area (Å²) in [5.74, 6) is 0.629. The molecule has 0 heterocycles. The van der Waals surface area contributed by atoms with E-state index in [4.69, 9.17) is 11.6 Å². The highest BCUT2D eigenvalue weighted by molar-refractivity contribution is 6.34. The largest absolute Gasteiger partial charge is 0.294 e. The van der Waals surface area contributed by atoms with Crippen LogP contribution in [0, 0.1) is 5.92 Å². The second-order valence-electron chi connectivity index (χ2n) is 5.55. The Morgan fingerprint density at radius 1 is 1.10 bits per heavy atom. The van der Waals surface area contributed by atoms with Gasteiger partial charge >= 0.3 is 0 Å². The number of halogens is 1. The van der Waals surface area contributed by atoms with Gasteiger partial charge in [0.2, 0.25) is 0 Å². The van der Waals surface area contributed by atoms with E-state index in [1.807, 2.05) is 12.1 Å². The number of carbonyl (C=O) groups excluding carboxylic acids is 1. The number of Topliss-reactive ketones (excluding diaryl/α,β-unsaturated/α-hetero) is 1. The summed E-state index contributed by atoms with van der Waals surface area (Å²) >= 11 is 6.18. The van der Waals surface area contributed by atoms with Crippen molar-refractivity contribution in [2.45, 2.75) is 27.2 Å². The Balaban J connectivity index is 2.36. The van der Waals surface area contributed by atoms with Gasteiger partial charge in [-0.15, -0.1) is 0 Å². The van der Waals surface area contributed by atoms with Crippen LogP contribution < -0.4 is 0 Å². The Bertz CT molecular complexity index is 629. The van der Waals surface area contributed by atoms with E-state index in [-0.39, 0.29) is 5.78 Å². The third kappa shape index (κ3) is 3.49. The fourth-order valence-electron chi connectivity index (χ4n) is 2.33. The maximum absolute atomic E-state index is 11.4. The molecule has 1 nitrogen and oxygen atoms in total. The maximum atomic E-state index is 11.4. The summed E-state index contributed by atoms with van der Waals surface area (Å²) < 4.78 is 0. The number of benzene rings is 2. The topological polar surface area (TPSA) is 17.1 Å². The van der Waals surface area contributed by atoms with Crippen LogP contribution in [0.1, 0.15) is 36.7 Å². The third-order valence-corrected chi connectivity index (χ3v) is 3.57. The second kappa shape index (κ2) is 6.23. The molecule has 0 aliphatic carbocycles. The first kappa shape index (κ1) is 14.8. The molecular weight excluding hydrogens is 268 g/mol. The van der Waals surface area contributed by atoms with E-state index in [1.165, 1.54) is 12.5 Å². The molecule has 0 atom stereocenters. The molecule has 2 heteroatoms. The molecule has 0 aliphatic heterocycles. The predicted octanol–water partition coefficient (Wildman–Crippen LogP) is 5.41. The van der Waals surface area contributed by atoms with Gasteiger partial charge in [-0.3, -0.25) is 4.79 Å². The van der Waals surface area contributed by atoms with E-state index in [0.29, 0.717) is 16.5 Å². The molecule has 0 saturated carbocycles. The van der Waals surface area contributed by atoms with Gasteiger partial charge in [0, 0.05) is 5.56 Å². The highest BCUT2D eigenvalue weighted by atomic mass is 35.5. The summed E-state index contributed by atoms with van der Waals surface area (Å²) in [6.45, 7) is 5.96. The molecule has 0 unspecified atom stereocenters. The number of hydrogen-bond donors (Lipinski definition) is 0. The van der Waals surface area contributed by atoms with Crippen molar-refractivity contribution in [3.63, 3.8) is 0 Å². The fourth-order valence-corrected chi connectivity index (χ4v) is 2.64. The standard InChI is InChI=1S/C18H19ClO/c1-12(2)9-14-5-4-6-15(10-14)16-7-8-17(13(3)20)18(19)11-16/h4-8,10-12H,9H2,1-3H3. The smallest absolute Gasteiger partial charge is 0.161 e. The molecule has 2 aromatic rings. The van der Waals surface area contributed by atoms with Crippen molar-refractivity contribution >= 4 is 17.4 Å². The van der Waals surface area contributed by atoms with Gasteiger partial charge in [0.1, 0.15) is 0 Å². The number of rotatable bonds is 4. The van der Waals surface area contributed by atoms with E-state index in [9.17, 15) is 4.79 Å². The van der Waals surface area contributed by atoms with Crippen LogP contribution in [0.25, 0.3) is 11.1 Å². The molecular formula is C18H19ClO. The van der Waals surface area contributed by atoms with Crippen molar-refractivity contribution in [1.82, 2.24) is 0 Å². The van der Waals surface area contributed by atoms with Crippen molar-refractivity contribution in [1.29, 1.82) is 0 Å². The lowest BCUT2D eigenvalue weighted by Crippen LogP contribution is -1.95. The Hall–Kier alpha value is -1.60. The number of carbonyl (C=O) groups is 1. The highest BCUT2D eigenvalue weighted by Gasteiger charge is 2.08. The molecule has 2 rings (SSSR count). The van der Waals surface area contributed by atoms with Gasteiger partial charge in [-0.2, -0.15) is 0 Å². The minimum atomic E-state index is -0.00453. The van der Waals surface area contributed by atoms with Gasteiger partial charge in [0.15, 0.2) is 5.78 Å². The van der Waals surface area contributed by atoms with Crippen LogP contribution in [0.15, 0.2) is 42.5 Å². The zero-order valence-electron chi connectivity index (χ0n) is 12.1. The minimum absolute atomic E-state index is 0.00453. The Morgan fingerprint density at radius 2 is 1.80 bits per heavy atom. The highest BCUT2D eigenvalue weighted by Crippen LogP contribution is 2.27. The van der Waals surface area contributed by atoms with Crippen molar-refractivity contribution < 1.29 is 4.79 Å². The zero-order valence-corrected chi connectivity index (χ0v) is 12.9. The van der Waals surface area contributed by atoms with Crippen molar-refractivity contribution in [3.8, 4) is 11.1 Å². The molecule has 0 aliphatic rings. The van der Waals surface area contributed by atoms with Gasteiger partial charge in [-0.25, -0.2) is 0 Å². The zero-order chi connectivity index (χ0) is 14.7. The van der Waals surface area contributed by atoms with Crippen LogP contribution in [0.5, 0.6) is 0 Å². The van der Waals surface area contributed by atoms with Crippen LogP contribution in [0.4, 0.5) is 0 Å². The summed E-state index contributed by atoms with van der Waals surface area (Å²) in [7, 11) is 0. The summed E-state index contributed by atoms with van der Waals surface area (Å²) in [6, 6.07) is 14.1. The van der Waals surface area contributed by atoms with Gasteiger partial charge < -0.3 is 0 Å². The Kier molecular flexibility index (Phi) is 4.61. The summed E-state index contributed by atoms with van der Waals surface area (Å²) in [4.78, 5) is 11.4. The van der Waals surface area contributed by atoms with Gasteiger partial charge in [0.05, 0.1) is 5.02 Å². The molecule has 0 saturated heterocycles. The molecule has 2 aromatic carbocycles. The lowest BCUT2D eigenvalue weighted by Gasteiger charge is -2.09. The molecule has 0 bridgehead atoms. The van der Waals surface area contributed by atoms with Crippen LogP contribution in [-0.4, -0.2) is 5.78 Å². The van der Waals surface area contributed by atoms with Gasteiger partial charge in [-0.1, -0.05) is 55.8 Å². The minimum Gasteiger partial charge on any atom is -0.294 e. The lowest BCUT2D eigenvalue weighted by molar-refractivity contribution is 0.101. The quantitative estimate of drug-likeness (QED) is 0.687. The molecule has 0 amide bonds. The number of hydrogen-bond acceptors (Lipinski definition) is 1. The van der Waals surface area contributed by atoms with Crippen molar-refractivity contribution in [2.24, 2.45) is 5.92 Å². The normalized spacial score (nSPS) is 10.8. The predicted molar refractivity (Wildman–Crippen MR) is 85.4 cm³/mol. The van der Waals surface area contributed by atoms with Crippen LogP contribution in [0.3, 0.4) is 0 Å². The van der Waals surface area contributed by atoms with E-state index >= 15 is 0 Å². The summed E-state index contributed by atoms with van der Waals surface area (Å²) in [5.41, 5.74) is 4.09. The first-order valence-electron chi connectivity index (χ1n) is 6.87. The molecule has 0 radical (unpaired) electrons. The van der Waals surface area contributed by atoms with Crippen LogP contribution in [0.2, 0.25) is 5.02 Å². The number of ketones is 1. The van der Waals surface area contributed by atoms with E-state index in [1.54, 1.807) is 6.07 Å². The summed E-state index contributed by atoms with van der Waals surface area (Å²) in [5, 5.41) is 0.518. The third-order valence-electron chi connectivity index (χ3n) is 3.25. The van der Waals surface area contributed by atoms with Gasteiger partial charge in [0.25, 0.3) is 0 Å². The van der Waals surface area contributed by atoms with E-state index < -0.39 is 0 Å². The monoisotopic (exact) mass is 286 g/mol. The molecule has 0 aromatic heterocycles. The SMILES string of the molecule is CC(=O)c1ccc(-c2cccc(CC(C)C)c2)cc1Cl. The van der Waals surface area contributed by atoms with Crippen molar-refractivity contribution in [2.75, 3.05) is 0 Å². The molecule has 0 fully saturated rings. The van der Waals surface area contributed by atoms with Crippen LogP contribution in [-0.2, 0) is 6.42 Å². The first-order valence-corrected chi connectivity index (χ1v) is 7.25. The Morgan fingerprint density at radius 3 is 2.40 bits per heavy atom. The second-order valence-corrected chi connectivity index (χ2v) is 5.96. The average Bonchev–Trinajstić information content (AvgIpc) is 2.37. The van der Waals surface area contributed by atoms with Crippen LogP contribution >= 0.6 is 11.6 Å². The Labute approximate surface area is 125 Å².